The molecule has 1 fully saturated rings. The molecule has 1 aliphatic rings. The molecule has 0 radical (unpaired) electrons. The summed E-state index contributed by atoms with van der Waals surface area (Å²) >= 11 is 0. The zero-order valence-corrected chi connectivity index (χ0v) is 11.9. The lowest BCUT2D eigenvalue weighted by molar-refractivity contribution is 0.111. The van der Waals surface area contributed by atoms with Crippen LogP contribution in [0.5, 0.6) is 5.75 Å². The lowest BCUT2D eigenvalue weighted by atomic mass is 10.2. The highest BCUT2D eigenvalue weighted by molar-refractivity contribution is 5.73. The zero-order valence-electron chi connectivity index (χ0n) is 11.9. The summed E-state index contributed by atoms with van der Waals surface area (Å²) in [4.78, 5) is 11.0. The number of carbonyl (C=O) groups is 1. The first kappa shape index (κ1) is 13.8. The Balaban J connectivity index is 1.45. The Kier molecular flexibility index (Phi) is 4.28. The maximum absolute atomic E-state index is 11.0. The molecule has 0 saturated heterocycles. The van der Waals surface area contributed by atoms with Gasteiger partial charge in [-0.2, -0.15) is 0 Å². The van der Waals surface area contributed by atoms with Crippen LogP contribution in [0, 0.1) is 0 Å². The van der Waals surface area contributed by atoms with E-state index in [2.05, 4.69) is 10.3 Å². The first-order valence-corrected chi connectivity index (χ1v) is 7.45. The second-order valence-corrected chi connectivity index (χ2v) is 5.34. The van der Waals surface area contributed by atoms with Gasteiger partial charge in [-0.1, -0.05) is 23.4 Å². The van der Waals surface area contributed by atoms with Gasteiger partial charge >= 0.3 is 0 Å². The van der Waals surface area contributed by atoms with E-state index in [0.717, 1.165) is 50.0 Å². The van der Waals surface area contributed by atoms with Crippen LogP contribution >= 0.6 is 0 Å². The van der Waals surface area contributed by atoms with E-state index in [1.54, 1.807) is 0 Å². The summed E-state index contributed by atoms with van der Waals surface area (Å²) in [5, 5.41) is 8.05. The molecule has 1 heterocycles. The Morgan fingerprint density at radius 2 is 2.05 bits per heavy atom. The van der Waals surface area contributed by atoms with Gasteiger partial charge in [-0.3, -0.25) is 4.79 Å². The van der Waals surface area contributed by atoms with Crippen LogP contribution in [0.4, 0.5) is 0 Å². The van der Waals surface area contributed by atoms with E-state index >= 15 is 0 Å². The van der Waals surface area contributed by atoms with Gasteiger partial charge in [0.2, 0.25) is 0 Å². The van der Waals surface area contributed by atoms with Gasteiger partial charge in [0, 0.05) is 12.5 Å². The summed E-state index contributed by atoms with van der Waals surface area (Å²) in [6, 6.07) is 9.82. The summed E-state index contributed by atoms with van der Waals surface area (Å²) in [5.74, 6) is 1.39. The van der Waals surface area contributed by atoms with Crippen molar-refractivity contribution in [3.8, 4) is 5.75 Å². The molecule has 5 nitrogen and oxygen atoms in total. The fourth-order valence-electron chi connectivity index (χ4n) is 2.43. The summed E-state index contributed by atoms with van der Waals surface area (Å²) < 4.78 is 7.55. The minimum atomic E-state index is 0.487. The lowest BCUT2D eigenvalue weighted by Gasteiger charge is -2.07. The lowest BCUT2D eigenvalue weighted by Crippen LogP contribution is -2.07. The van der Waals surface area contributed by atoms with Crippen LogP contribution in [0.2, 0.25) is 0 Å². The number of unbranched alkanes of at least 4 members (excludes halogenated alkanes) is 1. The summed E-state index contributed by atoms with van der Waals surface area (Å²) in [6.07, 6.45) is 5.02. The molecule has 5 heteroatoms. The number of aromatic nitrogens is 3. The number of hydrogen-bond donors (Lipinski definition) is 0. The summed E-state index contributed by atoms with van der Waals surface area (Å²) in [6.45, 7) is 1.49. The third kappa shape index (κ3) is 3.48. The number of carbonyl (C=O) groups excluding carboxylic acids is 1. The van der Waals surface area contributed by atoms with Crippen molar-refractivity contribution in [3.05, 3.63) is 41.7 Å². The molecule has 1 saturated carbocycles. The molecule has 1 aromatic heterocycles. The zero-order chi connectivity index (χ0) is 14.5. The smallest absolute Gasteiger partial charge is 0.172 e. The minimum Gasteiger partial charge on any atom is -0.494 e. The van der Waals surface area contributed by atoms with Gasteiger partial charge in [0.05, 0.1) is 12.3 Å². The minimum absolute atomic E-state index is 0.487. The van der Waals surface area contributed by atoms with Crippen molar-refractivity contribution in [2.24, 2.45) is 0 Å². The van der Waals surface area contributed by atoms with Gasteiger partial charge in [-0.15, -0.1) is 5.10 Å². The maximum Gasteiger partial charge on any atom is 0.172 e. The van der Waals surface area contributed by atoms with Crippen molar-refractivity contribution in [2.45, 2.75) is 38.1 Å². The third-order valence-electron chi connectivity index (χ3n) is 3.65. The van der Waals surface area contributed by atoms with E-state index in [-0.39, 0.29) is 0 Å². The largest absolute Gasteiger partial charge is 0.494 e. The fourth-order valence-corrected chi connectivity index (χ4v) is 2.43. The van der Waals surface area contributed by atoms with Crippen molar-refractivity contribution in [3.63, 3.8) is 0 Å². The van der Waals surface area contributed by atoms with Gasteiger partial charge in [-0.05, 0) is 37.8 Å². The molecule has 0 N–H and O–H groups in total. The molecule has 0 amide bonds. The van der Waals surface area contributed by atoms with Crippen LogP contribution in [0.3, 0.4) is 0 Å². The average molecular weight is 285 g/mol. The van der Waals surface area contributed by atoms with E-state index in [1.165, 1.54) is 0 Å². The number of aryl methyl sites for hydroxylation is 1. The van der Waals surface area contributed by atoms with Crippen molar-refractivity contribution in [2.75, 3.05) is 6.61 Å². The Bertz CT molecular complexity index is 591. The first-order valence-electron chi connectivity index (χ1n) is 7.45. The van der Waals surface area contributed by atoms with E-state index in [9.17, 15) is 4.79 Å². The second kappa shape index (κ2) is 6.52. The van der Waals surface area contributed by atoms with Gasteiger partial charge in [0.1, 0.15) is 11.4 Å². The SMILES string of the molecule is O=Cc1nnn(CCCCOc2ccccc2)c1C1CC1. The normalized spacial score (nSPS) is 14.1. The van der Waals surface area contributed by atoms with E-state index in [0.29, 0.717) is 18.2 Å². The number of hydrogen-bond acceptors (Lipinski definition) is 4. The molecule has 1 aromatic carbocycles. The molecule has 1 aliphatic carbocycles. The monoisotopic (exact) mass is 285 g/mol. The second-order valence-electron chi connectivity index (χ2n) is 5.34. The predicted octanol–water partition coefficient (Wildman–Crippen LogP) is 2.83. The molecular formula is C16H19N3O2. The average Bonchev–Trinajstić information content (AvgIpc) is 3.28. The highest BCUT2D eigenvalue weighted by atomic mass is 16.5. The maximum atomic E-state index is 11.0. The van der Waals surface area contributed by atoms with Crippen molar-refractivity contribution < 1.29 is 9.53 Å². The van der Waals surface area contributed by atoms with Crippen LogP contribution < -0.4 is 4.74 Å². The van der Waals surface area contributed by atoms with E-state index < -0.39 is 0 Å². The molecule has 3 rings (SSSR count). The van der Waals surface area contributed by atoms with Gasteiger partial charge in [0.15, 0.2) is 6.29 Å². The Labute approximate surface area is 123 Å². The van der Waals surface area contributed by atoms with Crippen LogP contribution in [-0.2, 0) is 6.54 Å². The molecular weight excluding hydrogens is 266 g/mol. The molecule has 110 valence electrons. The van der Waals surface area contributed by atoms with Crippen molar-refractivity contribution in [1.29, 1.82) is 0 Å². The van der Waals surface area contributed by atoms with Gasteiger partial charge < -0.3 is 4.74 Å². The molecule has 21 heavy (non-hydrogen) atoms. The Morgan fingerprint density at radius 3 is 2.76 bits per heavy atom. The number of benzene rings is 1. The quantitative estimate of drug-likeness (QED) is 0.553. The standard InChI is InChI=1S/C16H19N3O2/c20-12-15-16(13-8-9-13)19(18-17-15)10-4-5-11-21-14-6-2-1-3-7-14/h1-3,6-7,12-13H,4-5,8-11H2. The number of nitrogens with zero attached hydrogens (tertiary/aromatic N) is 3. The molecule has 0 unspecified atom stereocenters. The summed E-state index contributed by atoms with van der Waals surface area (Å²) in [5.41, 5.74) is 1.53. The molecule has 0 aliphatic heterocycles. The summed E-state index contributed by atoms with van der Waals surface area (Å²) in [7, 11) is 0. The van der Waals surface area contributed by atoms with Crippen LogP contribution in [-0.4, -0.2) is 27.9 Å². The highest BCUT2D eigenvalue weighted by Gasteiger charge is 2.30. The third-order valence-corrected chi connectivity index (χ3v) is 3.65. The van der Waals surface area contributed by atoms with Gasteiger partial charge in [0.25, 0.3) is 0 Å². The number of rotatable bonds is 8. The number of ether oxygens (including phenoxy) is 1. The molecule has 0 spiro atoms. The Morgan fingerprint density at radius 1 is 1.24 bits per heavy atom. The number of aldehydes is 1. The predicted molar refractivity (Wildman–Crippen MR) is 78.6 cm³/mol. The highest BCUT2D eigenvalue weighted by Crippen LogP contribution is 2.40. The molecule has 0 atom stereocenters. The van der Waals surface area contributed by atoms with Gasteiger partial charge in [-0.25, -0.2) is 4.68 Å². The molecule has 2 aromatic rings. The van der Waals surface area contributed by atoms with E-state index in [1.807, 2.05) is 35.0 Å². The topological polar surface area (TPSA) is 57.0 Å². The van der Waals surface area contributed by atoms with Crippen LogP contribution in [0.1, 0.15) is 47.8 Å². The molecule has 0 bridgehead atoms. The van der Waals surface area contributed by atoms with E-state index in [4.69, 9.17) is 4.74 Å². The Hall–Kier alpha value is -2.17. The van der Waals surface area contributed by atoms with Crippen molar-refractivity contribution >= 4 is 6.29 Å². The fraction of sp³-hybridized carbons (Fsp3) is 0.438. The van der Waals surface area contributed by atoms with Crippen LogP contribution in [0.25, 0.3) is 0 Å². The van der Waals surface area contributed by atoms with Crippen molar-refractivity contribution in [1.82, 2.24) is 15.0 Å². The first-order chi connectivity index (χ1) is 10.4. The van der Waals surface area contributed by atoms with Crippen LogP contribution in [0.15, 0.2) is 30.3 Å². The number of para-hydroxylation sites is 1.